The summed E-state index contributed by atoms with van der Waals surface area (Å²) in [4.78, 5) is 11.4. The highest BCUT2D eigenvalue weighted by Gasteiger charge is 2.08. The van der Waals surface area contributed by atoms with Gasteiger partial charge >= 0.3 is 5.97 Å². The number of hydrogen-bond acceptors (Lipinski definition) is 3. The summed E-state index contributed by atoms with van der Waals surface area (Å²) in [5.74, 6) is -0.230. The highest BCUT2D eigenvalue weighted by molar-refractivity contribution is 5.69. The van der Waals surface area contributed by atoms with Crippen LogP contribution in [0.25, 0.3) is 0 Å². The van der Waals surface area contributed by atoms with Gasteiger partial charge in [0.15, 0.2) is 0 Å². The Morgan fingerprint density at radius 3 is 2.94 bits per heavy atom. The van der Waals surface area contributed by atoms with E-state index >= 15 is 0 Å². The number of carbonyl (C=O) groups is 1. The molecule has 0 radical (unpaired) electrons. The van der Waals surface area contributed by atoms with Gasteiger partial charge < -0.3 is 14.4 Å². The van der Waals surface area contributed by atoms with Crippen molar-refractivity contribution < 1.29 is 14.6 Å². The molecular weight excluding hydrogens is 218 g/mol. The van der Waals surface area contributed by atoms with Gasteiger partial charge in [-0.3, -0.25) is 4.79 Å². The van der Waals surface area contributed by atoms with Crippen molar-refractivity contribution in [3.8, 4) is 0 Å². The van der Waals surface area contributed by atoms with Crippen molar-refractivity contribution in [1.29, 1.82) is 0 Å². The average molecular weight is 239 g/mol. The van der Waals surface area contributed by atoms with Crippen LogP contribution in [0.5, 0.6) is 0 Å². The first-order valence-corrected chi connectivity index (χ1v) is 6.16. The fourth-order valence-corrected chi connectivity index (χ4v) is 1.52. The number of ether oxygens (including phenoxy) is 1. The fraction of sp³-hybridized carbons (Fsp3) is 0.615. The van der Waals surface area contributed by atoms with Crippen LogP contribution in [-0.4, -0.2) is 22.2 Å². The molecule has 1 aromatic rings. The maximum Gasteiger partial charge on any atom is 0.325 e. The third-order valence-corrected chi connectivity index (χ3v) is 2.62. The summed E-state index contributed by atoms with van der Waals surface area (Å²) in [5, 5.41) is 9.62. The molecule has 0 aliphatic carbocycles. The third kappa shape index (κ3) is 4.61. The second-order valence-electron chi connectivity index (χ2n) is 4.12. The molecule has 0 saturated carbocycles. The molecule has 1 heterocycles. The molecule has 4 heteroatoms. The summed E-state index contributed by atoms with van der Waals surface area (Å²) in [7, 11) is 0. The summed E-state index contributed by atoms with van der Waals surface area (Å²) >= 11 is 0. The van der Waals surface area contributed by atoms with E-state index in [0.29, 0.717) is 13.0 Å². The van der Waals surface area contributed by atoms with E-state index in [1.54, 1.807) is 17.0 Å². The van der Waals surface area contributed by atoms with Gasteiger partial charge in [0.2, 0.25) is 0 Å². The van der Waals surface area contributed by atoms with Gasteiger partial charge in [-0.15, -0.1) is 0 Å². The number of hydrogen-bond donors (Lipinski definition) is 1. The quantitative estimate of drug-likeness (QED) is 0.586. The van der Waals surface area contributed by atoms with Gasteiger partial charge in [0.05, 0.1) is 12.7 Å². The van der Waals surface area contributed by atoms with Gasteiger partial charge in [-0.25, -0.2) is 0 Å². The molecule has 0 spiro atoms. The Labute approximate surface area is 102 Å². The van der Waals surface area contributed by atoms with Crippen LogP contribution in [0.3, 0.4) is 0 Å². The Kier molecular flexibility index (Phi) is 5.77. The fourth-order valence-electron chi connectivity index (χ4n) is 1.52. The number of aliphatic hydroxyl groups excluding tert-OH is 1. The smallest absolute Gasteiger partial charge is 0.325 e. The van der Waals surface area contributed by atoms with Crippen molar-refractivity contribution in [2.24, 2.45) is 0 Å². The van der Waals surface area contributed by atoms with Crippen LogP contribution in [0.15, 0.2) is 18.5 Å². The first kappa shape index (κ1) is 13.8. The summed E-state index contributed by atoms with van der Waals surface area (Å²) < 4.78 is 6.80. The Balaban J connectivity index is 2.40. The van der Waals surface area contributed by atoms with E-state index in [4.69, 9.17) is 4.74 Å². The summed E-state index contributed by atoms with van der Waals surface area (Å²) in [6, 6.07) is 1.83. The summed E-state index contributed by atoms with van der Waals surface area (Å²) in [6.45, 7) is 4.67. The van der Waals surface area contributed by atoms with Crippen molar-refractivity contribution in [3.63, 3.8) is 0 Å². The van der Waals surface area contributed by atoms with Crippen LogP contribution in [0.2, 0.25) is 0 Å². The van der Waals surface area contributed by atoms with Crippen LogP contribution in [0.1, 0.15) is 44.8 Å². The lowest BCUT2D eigenvalue weighted by Crippen LogP contribution is -2.13. The normalized spacial score (nSPS) is 12.4. The number of carbonyl (C=O) groups excluding carboxylic acids is 1. The molecule has 1 unspecified atom stereocenters. The SMILES string of the molecule is CCCCOC(=O)Cn1ccc(C(O)CC)c1. The molecule has 0 amide bonds. The van der Waals surface area contributed by atoms with Gasteiger partial charge in [0.25, 0.3) is 0 Å². The Morgan fingerprint density at radius 1 is 1.53 bits per heavy atom. The maximum absolute atomic E-state index is 11.4. The predicted octanol–water partition coefficient (Wildman–Crippen LogP) is 2.27. The maximum atomic E-state index is 11.4. The molecule has 0 bridgehead atoms. The van der Waals surface area contributed by atoms with Gasteiger partial charge in [0.1, 0.15) is 6.54 Å². The van der Waals surface area contributed by atoms with Crippen LogP contribution in [0, 0.1) is 0 Å². The Hall–Kier alpha value is -1.29. The molecular formula is C13H21NO3. The Morgan fingerprint density at radius 2 is 2.29 bits per heavy atom. The van der Waals surface area contributed by atoms with Crippen LogP contribution < -0.4 is 0 Å². The van der Waals surface area contributed by atoms with E-state index < -0.39 is 6.10 Å². The molecule has 96 valence electrons. The molecule has 0 aliphatic rings. The molecule has 4 nitrogen and oxygen atoms in total. The van der Waals surface area contributed by atoms with Crippen molar-refractivity contribution in [2.75, 3.05) is 6.61 Å². The summed E-state index contributed by atoms with van der Waals surface area (Å²) in [6.07, 6.45) is 5.71. The number of aliphatic hydroxyl groups is 1. The van der Waals surface area contributed by atoms with E-state index in [1.807, 2.05) is 13.0 Å². The molecule has 0 fully saturated rings. The van der Waals surface area contributed by atoms with Gasteiger partial charge in [-0.2, -0.15) is 0 Å². The largest absolute Gasteiger partial charge is 0.464 e. The highest BCUT2D eigenvalue weighted by Crippen LogP contribution is 2.16. The topological polar surface area (TPSA) is 51.5 Å². The van der Waals surface area contributed by atoms with Gasteiger partial charge in [-0.1, -0.05) is 20.3 Å². The van der Waals surface area contributed by atoms with Crippen molar-refractivity contribution in [1.82, 2.24) is 4.57 Å². The molecule has 1 atom stereocenters. The highest BCUT2D eigenvalue weighted by atomic mass is 16.5. The third-order valence-electron chi connectivity index (χ3n) is 2.62. The second kappa shape index (κ2) is 7.12. The van der Waals surface area contributed by atoms with Crippen molar-refractivity contribution >= 4 is 5.97 Å². The first-order chi connectivity index (χ1) is 8.17. The standard InChI is InChI=1S/C13H21NO3/c1-3-5-8-17-13(16)10-14-7-6-11(9-14)12(15)4-2/h6-7,9,12,15H,3-5,8,10H2,1-2H3. The van der Waals surface area contributed by atoms with Crippen LogP contribution in [-0.2, 0) is 16.1 Å². The zero-order chi connectivity index (χ0) is 12.7. The van der Waals surface area contributed by atoms with Crippen LogP contribution >= 0.6 is 0 Å². The van der Waals surface area contributed by atoms with E-state index in [2.05, 4.69) is 6.92 Å². The Bertz CT molecular complexity index is 346. The van der Waals surface area contributed by atoms with E-state index in [0.717, 1.165) is 18.4 Å². The molecule has 1 rings (SSSR count). The molecule has 1 N–H and O–H groups in total. The molecule has 0 aliphatic heterocycles. The molecule has 1 aromatic heterocycles. The first-order valence-electron chi connectivity index (χ1n) is 6.16. The monoisotopic (exact) mass is 239 g/mol. The number of unbranched alkanes of at least 4 members (excludes halogenated alkanes) is 1. The second-order valence-corrected chi connectivity index (χ2v) is 4.12. The summed E-state index contributed by atoms with van der Waals surface area (Å²) in [5.41, 5.74) is 0.842. The predicted molar refractivity (Wildman–Crippen MR) is 65.5 cm³/mol. The number of esters is 1. The zero-order valence-electron chi connectivity index (χ0n) is 10.6. The van der Waals surface area contributed by atoms with Gasteiger partial charge in [0, 0.05) is 12.4 Å². The number of rotatable bonds is 7. The lowest BCUT2D eigenvalue weighted by molar-refractivity contribution is -0.144. The lowest BCUT2D eigenvalue weighted by atomic mass is 10.1. The van der Waals surface area contributed by atoms with E-state index in [-0.39, 0.29) is 12.5 Å². The average Bonchev–Trinajstić information content (AvgIpc) is 2.77. The van der Waals surface area contributed by atoms with Crippen LogP contribution in [0.4, 0.5) is 0 Å². The minimum Gasteiger partial charge on any atom is -0.464 e. The van der Waals surface area contributed by atoms with Crippen molar-refractivity contribution in [2.45, 2.75) is 45.8 Å². The lowest BCUT2D eigenvalue weighted by Gasteiger charge is -2.05. The zero-order valence-corrected chi connectivity index (χ0v) is 10.6. The minimum absolute atomic E-state index is 0.208. The number of aromatic nitrogens is 1. The molecule has 0 aromatic carbocycles. The van der Waals surface area contributed by atoms with E-state index in [1.165, 1.54) is 0 Å². The minimum atomic E-state index is -0.452. The number of nitrogens with zero attached hydrogens (tertiary/aromatic N) is 1. The van der Waals surface area contributed by atoms with Gasteiger partial charge in [-0.05, 0) is 24.5 Å². The van der Waals surface area contributed by atoms with E-state index in [9.17, 15) is 9.90 Å². The molecule has 0 saturated heterocycles. The van der Waals surface area contributed by atoms with Crippen molar-refractivity contribution in [3.05, 3.63) is 24.0 Å². The molecule has 17 heavy (non-hydrogen) atoms.